The second-order valence-corrected chi connectivity index (χ2v) is 20.0. The highest BCUT2D eigenvalue weighted by Gasteiger charge is 2.18. The molecule has 0 radical (unpaired) electrons. The van der Waals surface area contributed by atoms with Crippen molar-refractivity contribution in [2.24, 2.45) is 0 Å². The summed E-state index contributed by atoms with van der Waals surface area (Å²) in [5.74, 6) is -0.120. The molecular weight excluding hydrogens is 815 g/mol. The Kier molecular flexibility index (Phi) is 54.1. The van der Waals surface area contributed by atoms with E-state index in [4.69, 9.17) is 4.74 Å². The van der Waals surface area contributed by atoms with Crippen LogP contribution in [0.4, 0.5) is 0 Å². The zero-order valence-electron chi connectivity index (χ0n) is 44.2. The van der Waals surface area contributed by atoms with Gasteiger partial charge in [-0.25, -0.2) is 0 Å². The van der Waals surface area contributed by atoms with Crippen molar-refractivity contribution >= 4 is 11.9 Å². The second kappa shape index (κ2) is 55.7. The lowest BCUT2D eigenvalue weighted by atomic mass is 10.0. The Morgan fingerprint density at radius 3 is 1.08 bits per heavy atom. The van der Waals surface area contributed by atoms with E-state index in [2.05, 4.69) is 43.5 Å². The zero-order valence-corrected chi connectivity index (χ0v) is 44.2. The lowest BCUT2D eigenvalue weighted by Gasteiger charge is -2.20. The van der Waals surface area contributed by atoms with Crippen LogP contribution in [0.15, 0.2) is 36.5 Å². The quantitative estimate of drug-likeness (QED) is 0.0321. The van der Waals surface area contributed by atoms with Crippen molar-refractivity contribution < 1.29 is 24.5 Å². The predicted molar refractivity (Wildman–Crippen MR) is 287 cm³/mol. The third-order valence-electron chi connectivity index (χ3n) is 13.4. The molecule has 0 aromatic heterocycles. The minimum atomic E-state index is -0.862. The molecule has 66 heavy (non-hydrogen) atoms. The number of hydrogen-bond acceptors (Lipinski definition) is 5. The number of aliphatic hydroxyl groups is 2. The van der Waals surface area contributed by atoms with Gasteiger partial charge in [0.1, 0.15) is 0 Å². The van der Waals surface area contributed by atoms with Crippen LogP contribution in [-0.4, -0.2) is 47.4 Å². The topological polar surface area (TPSA) is 95.9 Å². The van der Waals surface area contributed by atoms with Gasteiger partial charge in [0.15, 0.2) is 0 Å². The van der Waals surface area contributed by atoms with Crippen LogP contribution in [0.2, 0.25) is 0 Å². The SMILES string of the molecule is CCCCCCCC/C=C\CCCCCCCCCC(=O)OCCCCC/C=C\CCCCCCCC(=O)NC(CO)C(O)/C=C/CCCCCCCCCCCCCCCCCCCC. The smallest absolute Gasteiger partial charge is 0.305 e. The zero-order chi connectivity index (χ0) is 47.9. The molecule has 3 N–H and O–H groups in total. The fraction of sp³-hybridized carbons (Fsp3) is 0.867. The van der Waals surface area contributed by atoms with E-state index < -0.39 is 12.1 Å². The number of allylic oxidation sites excluding steroid dienone is 5. The Morgan fingerprint density at radius 2 is 0.712 bits per heavy atom. The molecule has 0 saturated carbocycles. The summed E-state index contributed by atoms with van der Waals surface area (Å²) in [6, 6.07) is -0.648. The van der Waals surface area contributed by atoms with Gasteiger partial charge in [0, 0.05) is 12.8 Å². The number of aliphatic hydroxyl groups excluding tert-OH is 2. The van der Waals surface area contributed by atoms with E-state index in [1.165, 1.54) is 199 Å². The van der Waals surface area contributed by atoms with Crippen LogP contribution in [-0.2, 0) is 14.3 Å². The molecule has 0 aliphatic carbocycles. The van der Waals surface area contributed by atoms with E-state index >= 15 is 0 Å². The highest BCUT2D eigenvalue weighted by Crippen LogP contribution is 2.16. The van der Waals surface area contributed by atoms with Gasteiger partial charge in [0.2, 0.25) is 5.91 Å². The number of carbonyl (C=O) groups is 2. The highest BCUT2D eigenvalue weighted by molar-refractivity contribution is 5.76. The number of hydrogen-bond donors (Lipinski definition) is 3. The van der Waals surface area contributed by atoms with E-state index in [1.807, 2.05) is 6.08 Å². The average molecular weight is 929 g/mol. The summed E-state index contributed by atoms with van der Waals surface area (Å²) in [5, 5.41) is 23.1. The Morgan fingerprint density at radius 1 is 0.409 bits per heavy atom. The van der Waals surface area contributed by atoms with Gasteiger partial charge in [-0.05, 0) is 89.9 Å². The number of rotatable bonds is 54. The normalized spacial score (nSPS) is 12.8. The van der Waals surface area contributed by atoms with Crippen molar-refractivity contribution in [3.63, 3.8) is 0 Å². The van der Waals surface area contributed by atoms with Crippen molar-refractivity contribution in [1.29, 1.82) is 0 Å². The molecule has 6 heteroatoms. The fourth-order valence-electron chi connectivity index (χ4n) is 8.86. The highest BCUT2D eigenvalue weighted by atomic mass is 16.5. The lowest BCUT2D eigenvalue weighted by molar-refractivity contribution is -0.143. The molecule has 0 aromatic carbocycles. The van der Waals surface area contributed by atoms with E-state index in [0.717, 1.165) is 83.5 Å². The fourth-order valence-corrected chi connectivity index (χ4v) is 8.86. The lowest BCUT2D eigenvalue weighted by Crippen LogP contribution is -2.45. The van der Waals surface area contributed by atoms with E-state index in [0.29, 0.717) is 19.4 Å². The third-order valence-corrected chi connectivity index (χ3v) is 13.4. The Bertz CT molecular complexity index is 1070. The van der Waals surface area contributed by atoms with Gasteiger partial charge in [-0.15, -0.1) is 0 Å². The van der Waals surface area contributed by atoms with Gasteiger partial charge < -0.3 is 20.3 Å². The van der Waals surface area contributed by atoms with E-state index in [-0.39, 0.29) is 18.5 Å². The predicted octanol–water partition coefficient (Wildman–Crippen LogP) is 18.0. The number of unbranched alkanes of at least 4 members (excludes halogenated alkanes) is 39. The molecule has 0 bridgehead atoms. The monoisotopic (exact) mass is 928 g/mol. The van der Waals surface area contributed by atoms with Crippen molar-refractivity contribution in [3.8, 4) is 0 Å². The van der Waals surface area contributed by atoms with Crippen molar-refractivity contribution in [2.45, 2.75) is 321 Å². The summed E-state index contributed by atoms with van der Waals surface area (Å²) in [6.45, 7) is 4.85. The largest absolute Gasteiger partial charge is 0.466 e. The van der Waals surface area contributed by atoms with E-state index in [1.54, 1.807) is 6.08 Å². The summed E-state index contributed by atoms with van der Waals surface area (Å²) >= 11 is 0. The Balaban J connectivity index is 3.53. The minimum Gasteiger partial charge on any atom is -0.466 e. The van der Waals surface area contributed by atoms with Crippen LogP contribution >= 0.6 is 0 Å². The summed E-state index contributed by atoms with van der Waals surface area (Å²) in [6.07, 6.45) is 68.8. The second-order valence-electron chi connectivity index (χ2n) is 20.0. The maximum absolute atomic E-state index is 12.5. The van der Waals surface area contributed by atoms with E-state index in [9.17, 15) is 19.8 Å². The number of carbonyl (C=O) groups excluding carboxylic acids is 2. The first-order chi connectivity index (χ1) is 32.5. The maximum atomic E-state index is 12.5. The van der Waals surface area contributed by atoms with Crippen molar-refractivity contribution in [3.05, 3.63) is 36.5 Å². The Hall–Kier alpha value is -1.92. The van der Waals surface area contributed by atoms with Crippen molar-refractivity contribution in [2.75, 3.05) is 13.2 Å². The molecule has 0 heterocycles. The molecule has 2 atom stereocenters. The van der Waals surface area contributed by atoms with Gasteiger partial charge >= 0.3 is 5.97 Å². The van der Waals surface area contributed by atoms with Gasteiger partial charge in [0.05, 0.1) is 25.4 Å². The number of amides is 1. The summed E-state index contributed by atoms with van der Waals surface area (Å²) < 4.78 is 5.46. The van der Waals surface area contributed by atoms with Gasteiger partial charge in [-0.1, -0.05) is 243 Å². The molecule has 6 nitrogen and oxygen atoms in total. The minimum absolute atomic E-state index is 0.0275. The Labute approximate surface area is 411 Å². The van der Waals surface area contributed by atoms with Crippen LogP contribution in [0.3, 0.4) is 0 Å². The van der Waals surface area contributed by atoms with Gasteiger partial charge in [0.25, 0.3) is 0 Å². The molecular formula is C60H113NO5. The standard InChI is InChI=1S/C60H113NO5/c1-3-5-7-9-11-13-15-17-19-21-22-23-25-26-28-32-36-40-44-48-52-58(63)57(56-62)61-59(64)53-49-45-41-37-33-30-31-35-39-43-47-51-55-66-60(65)54-50-46-42-38-34-29-27-24-20-18-16-14-12-10-8-6-4-2/h18,20,31,35,48,52,57-58,62-63H,3-17,19,21-30,32-34,36-47,49-51,53-56H2,1-2H3,(H,61,64)/b20-18-,35-31-,52-48+. The molecule has 1 amide bonds. The molecule has 388 valence electrons. The molecule has 0 aliphatic rings. The van der Waals surface area contributed by atoms with Crippen molar-refractivity contribution in [1.82, 2.24) is 5.32 Å². The first kappa shape index (κ1) is 64.1. The summed E-state index contributed by atoms with van der Waals surface area (Å²) in [5.41, 5.74) is 0. The average Bonchev–Trinajstić information content (AvgIpc) is 3.32. The summed E-state index contributed by atoms with van der Waals surface area (Å²) in [4.78, 5) is 24.5. The number of nitrogens with one attached hydrogen (secondary N) is 1. The van der Waals surface area contributed by atoms with Crippen LogP contribution < -0.4 is 5.32 Å². The molecule has 0 aromatic rings. The summed E-state index contributed by atoms with van der Waals surface area (Å²) in [7, 11) is 0. The molecule has 0 rings (SSSR count). The molecule has 0 spiro atoms. The molecule has 0 saturated heterocycles. The number of esters is 1. The first-order valence-corrected chi connectivity index (χ1v) is 29.3. The molecule has 2 unspecified atom stereocenters. The maximum Gasteiger partial charge on any atom is 0.305 e. The van der Waals surface area contributed by atoms with Crippen LogP contribution in [0.1, 0.15) is 309 Å². The third kappa shape index (κ3) is 51.5. The van der Waals surface area contributed by atoms with Crippen LogP contribution in [0.5, 0.6) is 0 Å². The molecule has 0 aliphatic heterocycles. The van der Waals surface area contributed by atoms with Gasteiger partial charge in [-0.2, -0.15) is 0 Å². The van der Waals surface area contributed by atoms with Gasteiger partial charge in [-0.3, -0.25) is 9.59 Å². The van der Waals surface area contributed by atoms with Crippen LogP contribution in [0, 0.1) is 0 Å². The number of ether oxygens (including phenoxy) is 1. The first-order valence-electron chi connectivity index (χ1n) is 29.3. The molecule has 0 fully saturated rings. The van der Waals surface area contributed by atoms with Crippen LogP contribution in [0.25, 0.3) is 0 Å².